The minimum atomic E-state index is -0.261. The molecule has 0 radical (unpaired) electrons. The van der Waals surface area contributed by atoms with Gasteiger partial charge in [0, 0.05) is 38.2 Å². The van der Waals surface area contributed by atoms with Crippen molar-refractivity contribution in [2.75, 3.05) is 36.9 Å². The molecule has 10 heteroatoms. The Morgan fingerprint density at radius 1 is 1.39 bits per heavy atom. The summed E-state index contributed by atoms with van der Waals surface area (Å²) in [6.45, 7) is 10.3. The topological polar surface area (TPSA) is 87.7 Å². The van der Waals surface area contributed by atoms with Crippen molar-refractivity contribution in [1.82, 2.24) is 20.3 Å². The van der Waals surface area contributed by atoms with E-state index in [-0.39, 0.29) is 23.6 Å². The number of hydroxylamine groups is 1. The van der Waals surface area contributed by atoms with Crippen LogP contribution in [0.25, 0.3) is 0 Å². The smallest absolute Gasteiger partial charge is 0.254 e. The van der Waals surface area contributed by atoms with Crippen molar-refractivity contribution < 1.29 is 14.4 Å². The Hall–Kier alpha value is -1.58. The van der Waals surface area contributed by atoms with E-state index in [1.807, 2.05) is 11.8 Å². The van der Waals surface area contributed by atoms with Crippen LogP contribution in [-0.2, 0) is 14.4 Å². The van der Waals surface area contributed by atoms with Gasteiger partial charge >= 0.3 is 0 Å². The third-order valence-corrected chi connectivity index (χ3v) is 5.22. The summed E-state index contributed by atoms with van der Waals surface area (Å²) in [5, 5.41) is 0.754. The summed E-state index contributed by atoms with van der Waals surface area (Å²) in [5.41, 5.74) is 2.33. The molecule has 1 saturated heterocycles. The summed E-state index contributed by atoms with van der Waals surface area (Å²) in [4.78, 5) is 41.7. The summed E-state index contributed by atoms with van der Waals surface area (Å²) in [5.74, 6) is 1.11. The van der Waals surface area contributed by atoms with Gasteiger partial charge in [0.2, 0.25) is 5.91 Å². The fourth-order valence-electron chi connectivity index (χ4n) is 2.93. The van der Waals surface area contributed by atoms with Gasteiger partial charge < -0.3 is 9.80 Å². The van der Waals surface area contributed by atoms with Crippen LogP contribution in [0.5, 0.6) is 0 Å². The molecule has 1 unspecified atom stereocenters. The van der Waals surface area contributed by atoms with Crippen molar-refractivity contribution in [3.05, 3.63) is 11.2 Å². The van der Waals surface area contributed by atoms with Gasteiger partial charge in [-0.05, 0) is 19.8 Å². The summed E-state index contributed by atoms with van der Waals surface area (Å²) >= 11 is 7.35. The van der Waals surface area contributed by atoms with Crippen LogP contribution >= 0.6 is 23.4 Å². The molecule has 2 rings (SSSR count). The molecule has 0 aliphatic carbocycles. The van der Waals surface area contributed by atoms with Gasteiger partial charge in [-0.1, -0.05) is 37.2 Å². The number of carbonyl (C=O) groups is 2. The van der Waals surface area contributed by atoms with Gasteiger partial charge in [0.25, 0.3) is 5.91 Å². The molecule has 1 atom stereocenters. The van der Waals surface area contributed by atoms with Crippen molar-refractivity contribution in [3.63, 3.8) is 0 Å². The molecule has 0 spiro atoms. The van der Waals surface area contributed by atoms with Crippen LogP contribution in [-0.4, -0.2) is 64.7 Å². The number of piperazine rings is 1. The molecule has 1 aliphatic rings. The highest BCUT2D eigenvalue weighted by Crippen LogP contribution is 2.24. The lowest BCUT2D eigenvalue weighted by Gasteiger charge is -2.40. The van der Waals surface area contributed by atoms with E-state index in [0.717, 1.165) is 0 Å². The number of hydrogen-bond acceptors (Lipinski definition) is 7. The van der Waals surface area contributed by atoms with Crippen LogP contribution in [0.2, 0.25) is 5.15 Å². The number of amides is 2. The summed E-state index contributed by atoms with van der Waals surface area (Å²) < 4.78 is 0. The maximum Gasteiger partial charge on any atom is 0.254 e. The fraction of sp³-hybridized carbons (Fsp3) is 0.667. The molecule has 2 amide bonds. The number of thioether (sulfide) groups is 1. The van der Waals surface area contributed by atoms with E-state index in [1.54, 1.807) is 13.0 Å². The van der Waals surface area contributed by atoms with E-state index in [2.05, 4.69) is 34.2 Å². The van der Waals surface area contributed by atoms with Gasteiger partial charge in [0.15, 0.2) is 5.16 Å². The number of halogens is 1. The molecule has 1 aromatic rings. The fourth-order valence-corrected chi connectivity index (χ4v) is 3.79. The predicted octanol–water partition coefficient (Wildman–Crippen LogP) is 2.37. The summed E-state index contributed by atoms with van der Waals surface area (Å²) in [6.07, 6.45) is 0.564. The van der Waals surface area contributed by atoms with Gasteiger partial charge in [0.1, 0.15) is 11.0 Å². The zero-order valence-corrected chi connectivity index (χ0v) is 18.3. The van der Waals surface area contributed by atoms with Crippen LogP contribution in [0, 0.1) is 5.92 Å². The lowest BCUT2D eigenvalue weighted by molar-refractivity contribution is -0.134. The van der Waals surface area contributed by atoms with Crippen molar-refractivity contribution in [3.8, 4) is 0 Å². The van der Waals surface area contributed by atoms with Crippen LogP contribution in [0.1, 0.15) is 34.1 Å². The van der Waals surface area contributed by atoms with E-state index in [0.29, 0.717) is 54.7 Å². The van der Waals surface area contributed by atoms with E-state index in [1.165, 1.54) is 11.8 Å². The number of rotatable bonds is 8. The zero-order chi connectivity index (χ0) is 20.7. The van der Waals surface area contributed by atoms with Gasteiger partial charge in [-0.2, -0.15) is 0 Å². The first-order valence-corrected chi connectivity index (χ1v) is 10.8. The standard InChI is InChI=1S/C18H28ClN5O3S/c1-5-27-22-16(25)11-28-18-20-14(19)9-15(21-18)23-6-7-24(13(4)10-23)17(26)8-12(2)3/h9,12-13H,5-8,10-11H2,1-4H3,(H,22,25). The lowest BCUT2D eigenvalue weighted by Crippen LogP contribution is -2.54. The highest BCUT2D eigenvalue weighted by Gasteiger charge is 2.28. The first-order valence-electron chi connectivity index (χ1n) is 9.42. The molecule has 0 bridgehead atoms. The second-order valence-corrected chi connectivity index (χ2v) is 8.39. The molecule has 1 fully saturated rings. The number of aromatic nitrogens is 2. The minimum absolute atomic E-state index is 0.0850. The van der Waals surface area contributed by atoms with E-state index in [9.17, 15) is 9.59 Å². The number of nitrogens with one attached hydrogen (secondary N) is 1. The molecule has 2 heterocycles. The molecule has 0 saturated carbocycles. The van der Waals surface area contributed by atoms with Crippen LogP contribution in [0.3, 0.4) is 0 Å². The Balaban J connectivity index is 1.99. The highest BCUT2D eigenvalue weighted by molar-refractivity contribution is 7.99. The van der Waals surface area contributed by atoms with Gasteiger partial charge in [-0.15, -0.1) is 0 Å². The number of anilines is 1. The first-order chi connectivity index (χ1) is 13.3. The van der Waals surface area contributed by atoms with Crippen molar-refractivity contribution >= 4 is 41.0 Å². The number of carbonyl (C=O) groups excluding carboxylic acids is 2. The van der Waals surface area contributed by atoms with Crippen LogP contribution < -0.4 is 10.4 Å². The normalized spacial score (nSPS) is 17.1. The monoisotopic (exact) mass is 429 g/mol. The first kappa shape index (κ1) is 22.7. The molecular weight excluding hydrogens is 402 g/mol. The zero-order valence-electron chi connectivity index (χ0n) is 16.8. The second-order valence-electron chi connectivity index (χ2n) is 7.06. The Kier molecular flexibility index (Phi) is 8.78. The SMILES string of the molecule is CCONC(=O)CSc1nc(Cl)cc(N2CCN(C(=O)CC(C)C)C(C)C2)n1. The molecule has 0 aromatic carbocycles. The third kappa shape index (κ3) is 6.79. The molecule has 156 valence electrons. The third-order valence-electron chi connectivity index (χ3n) is 4.18. The van der Waals surface area contributed by atoms with Crippen LogP contribution in [0.15, 0.2) is 11.2 Å². The van der Waals surface area contributed by atoms with Crippen LogP contribution in [0.4, 0.5) is 5.82 Å². The quantitative estimate of drug-likeness (QED) is 0.294. The Morgan fingerprint density at radius 2 is 2.14 bits per heavy atom. The van der Waals surface area contributed by atoms with Crippen molar-refractivity contribution in [1.29, 1.82) is 0 Å². The average molecular weight is 430 g/mol. The highest BCUT2D eigenvalue weighted by atomic mass is 35.5. The van der Waals surface area contributed by atoms with Gasteiger partial charge in [-0.3, -0.25) is 14.4 Å². The second kappa shape index (κ2) is 10.8. The van der Waals surface area contributed by atoms with E-state index >= 15 is 0 Å². The number of nitrogens with zero attached hydrogens (tertiary/aromatic N) is 4. The van der Waals surface area contributed by atoms with Crippen molar-refractivity contribution in [2.24, 2.45) is 5.92 Å². The van der Waals surface area contributed by atoms with Gasteiger partial charge in [-0.25, -0.2) is 15.4 Å². The maximum atomic E-state index is 12.4. The molecule has 1 aromatic heterocycles. The largest absolute Gasteiger partial charge is 0.353 e. The molecule has 1 N–H and O–H groups in total. The van der Waals surface area contributed by atoms with Gasteiger partial charge in [0.05, 0.1) is 12.4 Å². The van der Waals surface area contributed by atoms with E-state index < -0.39 is 0 Å². The summed E-state index contributed by atoms with van der Waals surface area (Å²) in [7, 11) is 0. The number of hydrogen-bond donors (Lipinski definition) is 1. The predicted molar refractivity (Wildman–Crippen MR) is 110 cm³/mol. The average Bonchev–Trinajstić information content (AvgIpc) is 2.63. The molecule has 8 nitrogen and oxygen atoms in total. The summed E-state index contributed by atoms with van der Waals surface area (Å²) in [6, 6.07) is 1.80. The lowest BCUT2D eigenvalue weighted by atomic mass is 10.1. The van der Waals surface area contributed by atoms with Crippen molar-refractivity contribution in [2.45, 2.75) is 45.3 Å². The minimum Gasteiger partial charge on any atom is -0.353 e. The molecule has 28 heavy (non-hydrogen) atoms. The molecule has 1 aliphatic heterocycles. The Bertz CT molecular complexity index is 691. The van der Waals surface area contributed by atoms with E-state index in [4.69, 9.17) is 16.4 Å². The molecular formula is C18H28ClN5O3S. The maximum absolute atomic E-state index is 12.4. The Labute approximate surface area is 175 Å². The Morgan fingerprint density at radius 3 is 2.79 bits per heavy atom.